The summed E-state index contributed by atoms with van der Waals surface area (Å²) in [7, 11) is -2.59. The van der Waals surface area contributed by atoms with Gasteiger partial charge in [0, 0.05) is 89.2 Å². The summed E-state index contributed by atoms with van der Waals surface area (Å²) in [5, 5.41) is 61.9. The number of carboxylic acid groups (broad SMARTS) is 4. The highest BCUT2D eigenvalue weighted by molar-refractivity contribution is 7.81. The third-order valence-electron chi connectivity index (χ3n) is 21.2. The molecule has 0 spiro atoms. The maximum atomic E-state index is 15.0. The van der Waals surface area contributed by atoms with Crippen molar-refractivity contribution in [1.29, 1.82) is 0 Å². The van der Waals surface area contributed by atoms with Gasteiger partial charge in [-0.1, -0.05) is 182 Å². The summed E-state index contributed by atoms with van der Waals surface area (Å²) >= 11 is 0. The van der Waals surface area contributed by atoms with Crippen LogP contribution in [-0.2, 0) is 132 Å². The Hall–Kier alpha value is -12.5. The first-order chi connectivity index (χ1) is 63.5. The summed E-state index contributed by atoms with van der Waals surface area (Å²) in [4.78, 5) is 217. The standard InChI is InChI=1S/C91H129N13O28S/c1-60(2)49-69(85(117)96-57-78(107)98-71(53-64-56-95-67-32-26-25-31-66(64)67)87(119)102-73(51-61-27-19-17-20-28-61)89(121)104(4)75(55-83(114)115)90(122)103(3)74(84(92)116)52-62-29-21-18-22-30-62)100-86(118)70(50-63-35-37-65(38-36-63)132-133(125,126)127)101-88(120)72(54-82(112)113)99-80(109)59-131-48-46-129-44-42-94-79(108)58-130-47-45-128-43-41-93-76(105)40-39-68(91(123)124)97-77(106)33-23-15-13-11-9-7-5-6-8-10-12-14-16-24-34-81(110)111/h17-22,25-32,35-38,56,60,68-75,95H,5-16,23-24,33-34,39-55,57-59H2,1-4H3,(H2,92,116)(H,93,105)(H,94,108)(H,96,117)(H,97,106)(H,98,107)(H,99,109)(H,100,118)(H,101,120)(H,102,119)(H,110,111)(H,112,113)(H,114,115)(H,123,124)(H,125,126,127)/t68-,69-,70-,71-,72-,73-,74-,75+/m0/s1. The van der Waals surface area contributed by atoms with E-state index in [0.717, 1.165) is 86.8 Å². The van der Waals surface area contributed by atoms with Gasteiger partial charge in [0.25, 0.3) is 0 Å². The van der Waals surface area contributed by atoms with Crippen LogP contribution in [0.1, 0.15) is 171 Å². The summed E-state index contributed by atoms with van der Waals surface area (Å²) in [6, 6.07) is 16.0. The lowest BCUT2D eigenvalue weighted by atomic mass is 10.00. The first kappa shape index (κ1) is 111. The third-order valence-corrected chi connectivity index (χ3v) is 21.6. The van der Waals surface area contributed by atoms with E-state index in [1.807, 2.05) is 0 Å². The number of carbonyl (C=O) groups excluding carboxylic acids is 12. The first-order valence-corrected chi connectivity index (χ1v) is 45.8. The average molecular weight is 1890 g/mol. The fourth-order valence-corrected chi connectivity index (χ4v) is 14.6. The highest BCUT2D eigenvalue weighted by Gasteiger charge is 2.40. The van der Waals surface area contributed by atoms with Gasteiger partial charge in [0.05, 0.1) is 59.0 Å². The van der Waals surface area contributed by atoms with Crippen molar-refractivity contribution in [1.82, 2.24) is 62.6 Å². The number of para-hydroxylation sites is 1. The number of amides is 12. The molecule has 0 radical (unpaired) electrons. The number of fused-ring (bicyclic) bond motifs is 1. The Morgan fingerprint density at radius 2 is 0.872 bits per heavy atom. The Morgan fingerprint density at radius 3 is 1.41 bits per heavy atom. The van der Waals surface area contributed by atoms with Gasteiger partial charge in [0.15, 0.2) is 0 Å². The molecule has 0 aliphatic rings. The van der Waals surface area contributed by atoms with Crippen molar-refractivity contribution in [3.63, 3.8) is 0 Å². The predicted molar refractivity (Wildman–Crippen MR) is 483 cm³/mol. The van der Waals surface area contributed by atoms with E-state index in [0.29, 0.717) is 34.0 Å². The van der Waals surface area contributed by atoms with Gasteiger partial charge in [-0.15, -0.1) is 0 Å². The van der Waals surface area contributed by atoms with Crippen molar-refractivity contribution in [2.45, 2.75) is 223 Å². The number of hydrogen-bond donors (Lipinski definition) is 16. The van der Waals surface area contributed by atoms with Crippen molar-refractivity contribution in [2.24, 2.45) is 11.7 Å². The molecule has 4 aromatic carbocycles. The van der Waals surface area contributed by atoms with Crippen LogP contribution in [0.25, 0.3) is 10.9 Å². The van der Waals surface area contributed by atoms with Gasteiger partial charge in [-0.05, 0) is 72.1 Å². The number of primary amides is 1. The zero-order valence-corrected chi connectivity index (χ0v) is 76.4. The number of rotatable bonds is 70. The molecule has 0 aliphatic heterocycles. The summed E-state index contributed by atoms with van der Waals surface area (Å²) in [6.07, 6.45) is 13.0. The monoisotopic (exact) mass is 1880 g/mol. The number of ether oxygens (including phenoxy) is 4. The molecule has 133 heavy (non-hydrogen) atoms. The number of aromatic amines is 1. The van der Waals surface area contributed by atoms with Crippen molar-refractivity contribution in [2.75, 3.05) is 86.6 Å². The number of aromatic nitrogens is 1. The molecule has 0 unspecified atom stereocenters. The Morgan fingerprint density at radius 1 is 0.414 bits per heavy atom. The number of aliphatic carboxylic acids is 4. The number of benzene rings is 4. The number of H-pyrrole nitrogens is 1. The van der Waals surface area contributed by atoms with Gasteiger partial charge >= 0.3 is 34.3 Å². The zero-order valence-electron chi connectivity index (χ0n) is 75.6. The lowest BCUT2D eigenvalue weighted by Crippen LogP contribution is -2.60. The normalized spacial score (nSPS) is 13.1. The summed E-state index contributed by atoms with van der Waals surface area (Å²) in [6.45, 7) is 1.44. The molecule has 12 amide bonds. The van der Waals surface area contributed by atoms with Gasteiger partial charge in [-0.25, -0.2) is 4.79 Å². The van der Waals surface area contributed by atoms with Crippen LogP contribution in [0.4, 0.5) is 0 Å². The second-order valence-corrected chi connectivity index (χ2v) is 33.5. The lowest BCUT2D eigenvalue weighted by molar-refractivity contribution is -0.152. The molecular weight excluding hydrogens is 1760 g/mol. The van der Waals surface area contributed by atoms with E-state index in [-0.39, 0.29) is 128 Å². The van der Waals surface area contributed by atoms with E-state index in [2.05, 4.69) is 57.0 Å². The number of nitrogens with one attached hydrogen (secondary N) is 10. The van der Waals surface area contributed by atoms with Crippen LogP contribution in [0, 0.1) is 5.92 Å². The average Bonchev–Trinajstić information content (AvgIpc) is 1.80. The molecule has 17 N–H and O–H groups in total. The fourth-order valence-electron chi connectivity index (χ4n) is 14.2. The van der Waals surface area contributed by atoms with Gasteiger partial charge < -0.3 is 112 Å². The van der Waals surface area contributed by atoms with Gasteiger partial charge in [0.2, 0.25) is 70.9 Å². The highest BCUT2D eigenvalue weighted by atomic mass is 32.3. The number of nitrogens with two attached hydrogens (primary N) is 1. The smallest absolute Gasteiger partial charge is 0.446 e. The van der Waals surface area contributed by atoms with Crippen molar-refractivity contribution < 1.29 is 133 Å². The molecular formula is C91H129N13O28S. The fraction of sp³-hybridized carbons (Fsp3) is 0.538. The van der Waals surface area contributed by atoms with E-state index in [1.165, 1.54) is 44.9 Å². The van der Waals surface area contributed by atoms with Crippen molar-refractivity contribution >= 4 is 116 Å². The van der Waals surface area contributed by atoms with Crippen LogP contribution in [0.2, 0.25) is 0 Å². The number of unbranched alkanes of at least 4 members (excludes halogenated alkanes) is 13. The molecule has 732 valence electrons. The van der Waals surface area contributed by atoms with Crippen molar-refractivity contribution in [3.8, 4) is 5.75 Å². The Balaban J connectivity index is 1.10. The molecule has 5 rings (SSSR count). The second-order valence-electron chi connectivity index (χ2n) is 32.5. The molecule has 8 atom stereocenters. The van der Waals surface area contributed by atoms with E-state index in [1.54, 1.807) is 105 Å². The molecule has 1 heterocycles. The van der Waals surface area contributed by atoms with Crippen molar-refractivity contribution in [3.05, 3.63) is 138 Å². The van der Waals surface area contributed by atoms with E-state index in [4.69, 9.17) is 29.8 Å². The van der Waals surface area contributed by atoms with Gasteiger partial charge in [0.1, 0.15) is 67.3 Å². The Kier molecular flexibility index (Phi) is 51.1. The quantitative estimate of drug-likeness (QED) is 0.0196. The largest absolute Gasteiger partial charge is 0.481 e. The van der Waals surface area contributed by atoms with Crippen LogP contribution >= 0.6 is 0 Å². The number of hydrogen-bond acceptors (Lipinski definition) is 23. The minimum absolute atomic E-state index is 0.0132. The molecule has 0 saturated carbocycles. The van der Waals surface area contributed by atoms with Gasteiger partial charge in [-0.2, -0.15) is 8.42 Å². The first-order valence-electron chi connectivity index (χ1n) is 44.5. The molecule has 41 nitrogen and oxygen atoms in total. The van der Waals surface area contributed by atoms with E-state index < -0.39 is 186 Å². The summed E-state index contributed by atoms with van der Waals surface area (Å²) in [5.74, 6) is -16.1. The number of carbonyl (C=O) groups is 16. The molecule has 5 aromatic rings. The summed E-state index contributed by atoms with van der Waals surface area (Å²) < 4.78 is 58.4. The maximum Gasteiger partial charge on any atom is 0.446 e. The zero-order chi connectivity index (χ0) is 97.6. The second kappa shape index (κ2) is 61.3. The molecule has 0 aliphatic carbocycles. The highest BCUT2D eigenvalue weighted by Crippen LogP contribution is 2.23. The number of carboxylic acids is 4. The van der Waals surface area contributed by atoms with Gasteiger partial charge in [-0.3, -0.25) is 76.5 Å². The SMILES string of the molecule is CC(C)C[C@H](NC(=O)[C@H](Cc1ccc(OS(=O)(=O)O)cc1)NC(=O)[C@H](CC(=O)O)NC(=O)COCCOCCNC(=O)COCCOCCNC(=O)CC[C@H](NC(=O)CCCCCCCCCCCCCCCCC(=O)O)C(=O)O)C(=O)NCC(=O)N[C@@H](Cc1c[nH]c2ccccc12)C(=O)N[C@@H](Cc1ccccc1)C(=O)N(C)[C@H](CC(=O)O)C(=O)N(C)[C@@H](Cc1ccccc1)C(N)=O. The minimum atomic E-state index is -5.00. The van der Waals surface area contributed by atoms with Crippen LogP contribution in [0.5, 0.6) is 5.75 Å². The number of nitrogens with zero attached hydrogens (tertiary/aromatic N) is 2. The number of likely N-dealkylation sites (N-methyl/N-ethyl adjacent to an activating group) is 2. The van der Waals surface area contributed by atoms with Crippen LogP contribution in [0.15, 0.2) is 115 Å². The predicted octanol–water partition coefficient (Wildman–Crippen LogP) is 3.27. The molecule has 0 bridgehead atoms. The molecule has 42 heteroatoms. The van der Waals surface area contributed by atoms with E-state index >= 15 is 0 Å². The molecule has 0 fully saturated rings. The topological polar surface area (TPSA) is 611 Å². The third kappa shape index (κ3) is 45.9. The molecule has 0 saturated heterocycles. The lowest BCUT2D eigenvalue weighted by Gasteiger charge is -2.35. The Labute approximate surface area is 772 Å². The summed E-state index contributed by atoms with van der Waals surface area (Å²) in [5.41, 5.74) is 8.26. The van der Waals surface area contributed by atoms with Crippen LogP contribution < -0.4 is 57.8 Å². The van der Waals surface area contributed by atoms with Crippen LogP contribution in [-0.4, -0.2) is 278 Å². The maximum absolute atomic E-state index is 15.0. The molecule has 1 aromatic heterocycles. The minimum Gasteiger partial charge on any atom is -0.481 e. The van der Waals surface area contributed by atoms with Crippen LogP contribution in [0.3, 0.4) is 0 Å². The Bertz CT molecular complexity index is 4680. The van der Waals surface area contributed by atoms with E-state index in [9.17, 15) is 105 Å².